The van der Waals surface area contributed by atoms with Crippen molar-refractivity contribution in [3.63, 3.8) is 0 Å². The van der Waals surface area contributed by atoms with Crippen LogP contribution in [0, 0.1) is 6.92 Å². The summed E-state index contributed by atoms with van der Waals surface area (Å²) in [6.07, 6.45) is 3.76. The Morgan fingerprint density at radius 1 is 0.368 bits per heavy atom. The zero-order valence-corrected chi connectivity index (χ0v) is 32.6. The Labute approximate surface area is 338 Å². The van der Waals surface area contributed by atoms with Crippen LogP contribution in [0.1, 0.15) is 5.56 Å². The number of thiophene rings is 2. The van der Waals surface area contributed by atoms with E-state index in [0.29, 0.717) is 5.82 Å². The van der Waals surface area contributed by atoms with E-state index in [1.165, 1.54) is 57.0 Å². The van der Waals surface area contributed by atoms with E-state index in [4.69, 9.17) is 9.97 Å². The molecule has 0 bridgehead atoms. The van der Waals surface area contributed by atoms with Crippen LogP contribution in [-0.2, 0) is 0 Å². The van der Waals surface area contributed by atoms with Crippen LogP contribution in [0.5, 0.6) is 0 Å². The van der Waals surface area contributed by atoms with E-state index in [2.05, 4.69) is 170 Å². The lowest BCUT2D eigenvalue weighted by Crippen LogP contribution is -1.97. The molecule has 0 radical (unpaired) electrons. The molecule has 4 aromatic heterocycles. The number of benzene rings is 7. The van der Waals surface area contributed by atoms with Crippen LogP contribution < -0.4 is 0 Å². The molecule has 5 heteroatoms. The van der Waals surface area contributed by atoms with E-state index in [9.17, 15) is 0 Å². The van der Waals surface area contributed by atoms with Gasteiger partial charge in [-0.25, -0.2) is 9.97 Å². The fraction of sp³-hybridized carbons (Fsp3) is 0.0192. The number of rotatable bonds is 6. The lowest BCUT2D eigenvalue weighted by Gasteiger charge is -2.14. The number of nitrogens with zero attached hydrogens (tertiary/aromatic N) is 3. The fourth-order valence-electron chi connectivity index (χ4n) is 7.97. The third-order valence-corrected chi connectivity index (χ3v) is 13.2. The van der Waals surface area contributed by atoms with E-state index >= 15 is 0 Å². The minimum atomic E-state index is 0.685. The van der Waals surface area contributed by atoms with Gasteiger partial charge in [0.2, 0.25) is 0 Å². The van der Waals surface area contributed by atoms with Crippen molar-refractivity contribution < 1.29 is 0 Å². The molecule has 7 aromatic carbocycles. The van der Waals surface area contributed by atoms with Crippen LogP contribution >= 0.6 is 22.7 Å². The van der Waals surface area contributed by atoms with Gasteiger partial charge in [0, 0.05) is 75.0 Å². The van der Waals surface area contributed by atoms with E-state index in [0.717, 1.165) is 50.3 Å². The molecule has 0 aliphatic heterocycles. The number of aromatic nitrogens is 3. The van der Waals surface area contributed by atoms with E-state index < -0.39 is 0 Å². The second-order valence-electron chi connectivity index (χ2n) is 14.5. The van der Waals surface area contributed by atoms with Gasteiger partial charge in [-0.2, -0.15) is 0 Å². The van der Waals surface area contributed by atoms with Crippen molar-refractivity contribution in [1.29, 1.82) is 0 Å². The maximum Gasteiger partial charge on any atom is 0.160 e. The number of hydrogen-bond donors (Lipinski definition) is 0. The highest BCUT2D eigenvalue weighted by Gasteiger charge is 2.16. The summed E-state index contributed by atoms with van der Waals surface area (Å²) < 4.78 is 5.20. The van der Waals surface area contributed by atoms with Gasteiger partial charge in [0.1, 0.15) is 0 Å². The van der Waals surface area contributed by atoms with Gasteiger partial charge < -0.3 is 0 Å². The van der Waals surface area contributed by atoms with Crippen molar-refractivity contribution in [3.8, 4) is 67.3 Å². The predicted molar refractivity (Wildman–Crippen MR) is 243 cm³/mol. The first-order valence-corrected chi connectivity index (χ1v) is 20.7. The number of aryl methyl sites for hydroxylation is 1. The molecule has 0 N–H and O–H groups in total. The van der Waals surface area contributed by atoms with Gasteiger partial charge in [-0.1, -0.05) is 103 Å². The van der Waals surface area contributed by atoms with Crippen molar-refractivity contribution in [2.75, 3.05) is 0 Å². The molecule has 0 aliphatic rings. The lowest BCUT2D eigenvalue weighted by atomic mass is 9.93. The molecule has 0 spiro atoms. The number of pyridine rings is 1. The Hall–Kier alpha value is -6.79. The molecule has 0 saturated heterocycles. The summed E-state index contributed by atoms with van der Waals surface area (Å²) in [4.78, 5) is 14.9. The van der Waals surface area contributed by atoms with Gasteiger partial charge in [0.15, 0.2) is 5.82 Å². The van der Waals surface area contributed by atoms with Crippen LogP contribution in [0.25, 0.3) is 108 Å². The smallest absolute Gasteiger partial charge is 0.160 e. The van der Waals surface area contributed by atoms with Crippen molar-refractivity contribution in [2.45, 2.75) is 6.92 Å². The number of fused-ring (bicyclic) bond motifs is 6. The average Bonchev–Trinajstić information content (AvgIpc) is 3.84. The van der Waals surface area contributed by atoms with E-state index in [1.54, 1.807) is 0 Å². The molecule has 268 valence electrons. The van der Waals surface area contributed by atoms with Crippen molar-refractivity contribution in [3.05, 3.63) is 188 Å². The molecule has 0 saturated carbocycles. The summed E-state index contributed by atoms with van der Waals surface area (Å²) in [6.45, 7) is 2.12. The first-order valence-electron chi connectivity index (χ1n) is 19.1. The molecular formula is C52H33N3S2. The third kappa shape index (κ3) is 6.09. The molecule has 0 fully saturated rings. The van der Waals surface area contributed by atoms with Gasteiger partial charge in [0.05, 0.1) is 11.4 Å². The summed E-state index contributed by atoms with van der Waals surface area (Å²) in [5, 5.41) is 5.16. The molecule has 57 heavy (non-hydrogen) atoms. The molecule has 3 nitrogen and oxygen atoms in total. The SMILES string of the molecule is Cc1ccncc1-c1ccc(-c2nc(-c3ccccc3)cc(-c3cc(-c4ccc5sc6ccccc6c5c4)cc(-c4ccc5sc6ccccc6c5c4)c3)n2)cc1. The van der Waals surface area contributed by atoms with Gasteiger partial charge in [-0.15, -0.1) is 22.7 Å². The maximum atomic E-state index is 5.33. The number of hydrogen-bond acceptors (Lipinski definition) is 5. The standard InChI is InChI=1S/C52H33N3S2/c1-32-23-24-53-31-45(32)33-15-17-35(18-16-33)52-54-46(34-9-3-2-4-10-34)30-47(55-52)40-26-38(36-19-21-50-43(28-36)41-11-5-7-13-48(41)56-50)25-39(27-40)37-20-22-51-44(29-37)42-12-6-8-14-49(42)57-51/h2-31H,1H3. The lowest BCUT2D eigenvalue weighted by molar-refractivity contribution is 1.18. The highest BCUT2D eigenvalue weighted by molar-refractivity contribution is 7.26. The summed E-state index contributed by atoms with van der Waals surface area (Å²) >= 11 is 3.70. The predicted octanol–water partition coefficient (Wildman–Crippen LogP) is 14.9. The quantitative estimate of drug-likeness (QED) is 0.169. The average molecular weight is 764 g/mol. The van der Waals surface area contributed by atoms with Gasteiger partial charge in [0.25, 0.3) is 0 Å². The first kappa shape index (κ1) is 33.5. The highest BCUT2D eigenvalue weighted by atomic mass is 32.1. The van der Waals surface area contributed by atoms with Crippen LogP contribution in [0.4, 0.5) is 0 Å². The van der Waals surface area contributed by atoms with Crippen LogP contribution in [0.3, 0.4) is 0 Å². The Morgan fingerprint density at radius 2 is 0.877 bits per heavy atom. The summed E-state index contributed by atoms with van der Waals surface area (Å²) in [7, 11) is 0. The van der Waals surface area contributed by atoms with Gasteiger partial charge in [-0.05, 0) is 107 Å². The molecular weight excluding hydrogens is 731 g/mol. The van der Waals surface area contributed by atoms with Crippen LogP contribution in [0.2, 0.25) is 0 Å². The summed E-state index contributed by atoms with van der Waals surface area (Å²) in [5.41, 5.74) is 12.9. The largest absolute Gasteiger partial charge is 0.264 e. The van der Waals surface area contributed by atoms with E-state index in [-0.39, 0.29) is 0 Å². The zero-order chi connectivity index (χ0) is 37.9. The van der Waals surface area contributed by atoms with Crippen molar-refractivity contribution in [1.82, 2.24) is 15.0 Å². The second-order valence-corrected chi connectivity index (χ2v) is 16.7. The monoisotopic (exact) mass is 763 g/mol. The molecule has 0 unspecified atom stereocenters. The molecule has 0 atom stereocenters. The van der Waals surface area contributed by atoms with Gasteiger partial charge >= 0.3 is 0 Å². The van der Waals surface area contributed by atoms with E-state index in [1.807, 2.05) is 47.2 Å². The molecule has 11 rings (SSSR count). The summed E-state index contributed by atoms with van der Waals surface area (Å²) in [6, 6.07) is 61.3. The fourth-order valence-corrected chi connectivity index (χ4v) is 10.1. The van der Waals surface area contributed by atoms with Gasteiger partial charge in [-0.3, -0.25) is 4.98 Å². The molecule has 0 aliphatic carbocycles. The van der Waals surface area contributed by atoms with Crippen molar-refractivity contribution in [2.24, 2.45) is 0 Å². The highest BCUT2D eigenvalue weighted by Crippen LogP contribution is 2.41. The Morgan fingerprint density at radius 3 is 1.49 bits per heavy atom. The molecule has 0 amide bonds. The minimum absolute atomic E-state index is 0.685. The maximum absolute atomic E-state index is 5.33. The first-order chi connectivity index (χ1) is 28.1. The Balaban J connectivity index is 1.11. The molecule has 4 heterocycles. The van der Waals surface area contributed by atoms with Crippen LogP contribution in [-0.4, -0.2) is 15.0 Å². The molecule has 11 aromatic rings. The van der Waals surface area contributed by atoms with Crippen LogP contribution in [0.15, 0.2) is 182 Å². The normalized spacial score (nSPS) is 11.6. The topological polar surface area (TPSA) is 38.7 Å². The second kappa shape index (κ2) is 13.7. The minimum Gasteiger partial charge on any atom is -0.264 e. The Kier molecular flexibility index (Phi) is 8.09. The summed E-state index contributed by atoms with van der Waals surface area (Å²) in [5.74, 6) is 0.685. The Bertz CT molecular complexity index is 3170. The van der Waals surface area contributed by atoms with Crippen molar-refractivity contribution >= 4 is 63.0 Å². The zero-order valence-electron chi connectivity index (χ0n) is 31.0. The third-order valence-electron chi connectivity index (χ3n) is 10.9.